The molecule has 0 fully saturated rings. The average molecular weight is 326 g/mol. The molecule has 0 aliphatic rings. The number of carbonyl (C=O) groups excluding carboxylic acids is 1. The molecule has 25 heavy (non-hydrogen) atoms. The van der Waals surface area contributed by atoms with Crippen molar-refractivity contribution < 1.29 is 4.79 Å². The molecule has 0 amide bonds. The lowest BCUT2D eigenvalue weighted by Gasteiger charge is -2.00. The van der Waals surface area contributed by atoms with Crippen LogP contribution in [0, 0.1) is 6.92 Å². The number of hydrogen-bond donors (Lipinski definition) is 1. The summed E-state index contributed by atoms with van der Waals surface area (Å²) in [6, 6.07) is 23.4. The van der Waals surface area contributed by atoms with Crippen LogP contribution in [0.2, 0.25) is 0 Å². The zero-order valence-electron chi connectivity index (χ0n) is 14.0. The summed E-state index contributed by atoms with van der Waals surface area (Å²) in [5, 5.41) is 0. The Kier molecular flexibility index (Phi) is 3.90. The Morgan fingerprint density at radius 3 is 2.44 bits per heavy atom. The van der Waals surface area contributed by atoms with E-state index in [9.17, 15) is 4.79 Å². The van der Waals surface area contributed by atoms with E-state index in [0.717, 1.165) is 23.3 Å². The lowest BCUT2D eigenvalue weighted by Crippen LogP contribution is -2.00. The second-order valence-corrected chi connectivity index (χ2v) is 6.27. The lowest BCUT2D eigenvalue weighted by atomic mass is 10.0. The second kappa shape index (κ2) is 6.36. The predicted octanol–water partition coefficient (Wildman–Crippen LogP) is 4.69. The second-order valence-electron chi connectivity index (χ2n) is 6.27. The number of imidazole rings is 1. The lowest BCUT2D eigenvalue weighted by molar-refractivity contribution is 0.103. The number of H-pyrrole nitrogens is 1. The summed E-state index contributed by atoms with van der Waals surface area (Å²) < 4.78 is 0. The van der Waals surface area contributed by atoms with Gasteiger partial charge in [-0.3, -0.25) is 4.79 Å². The minimum Gasteiger partial charge on any atom is -0.342 e. The summed E-state index contributed by atoms with van der Waals surface area (Å²) in [5.41, 5.74) is 5.60. The summed E-state index contributed by atoms with van der Waals surface area (Å²) in [6.07, 6.45) is 0.747. The van der Waals surface area contributed by atoms with Gasteiger partial charge in [0.15, 0.2) is 5.78 Å². The van der Waals surface area contributed by atoms with Gasteiger partial charge in [0.2, 0.25) is 0 Å². The molecule has 1 aromatic heterocycles. The predicted molar refractivity (Wildman–Crippen MR) is 100.0 cm³/mol. The van der Waals surface area contributed by atoms with Gasteiger partial charge in [0.05, 0.1) is 11.0 Å². The van der Waals surface area contributed by atoms with E-state index in [1.54, 1.807) is 0 Å². The number of nitrogens with one attached hydrogen (secondary N) is 1. The molecule has 0 spiro atoms. The molecule has 0 aliphatic heterocycles. The average Bonchev–Trinajstić information content (AvgIpc) is 3.05. The van der Waals surface area contributed by atoms with Gasteiger partial charge in [-0.2, -0.15) is 0 Å². The smallest absolute Gasteiger partial charge is 0.193 e. The Bertz CT molecular complexity index is 1030. The number of nitrogens with zero attached hydrogens (tertiary/aromatic N) is 1. The first-order valence-corrected chi connectivity index (χ1v) is 8.33. The van der Waals surface area contributed by atoms with Crippen molar-refractivity contribution in [2.24, 2.45) is 0 Å². The van der Waals surface area contributed by atoms with Crippen molar-refractivity contribution in [3.8, 4) is 0 Å². The number of benzene rings is 3. The van der Waals surface area contributed by atoms with Crippen molar-refractivity contribution in [2.75, 3.05) is 0 Å². The zero-order chi connectivity index (χ0) is 17.2. The largest absolute Gasteiger partial charge is 0.342 e. The molecule has 3 nitrogen and oxygen atoms in total. The summed E-state index contributed by atoms with van der Waals surface area (Å²) in [4.78, 5) is 20.6. The van der Waals surface area contributed by atoms with Crippen LogP contribution in [0.1, 0.15) is 32.9 Å². The fourth-order valence-corrected chi connectivity index (χ4v) is 2.94. The van der Waals surface area contributed by atoms with Crippen LogP contribution in [0.4, 0.5) is 0 Å². The van der Waals surface area contributed by atoms with Crippen molar-refractivity contribution in [3.63, 3.8) is 0 Å². The Hall–Kier alpha value is -3.20. The van der Waals surface area contributed by atoms with Crippen LogP contribution in [0.15, 0.2) is 72.8 Å². The van der Waals surface area contributed by atoms with Crippen LogP contribution in [0.3, 0.4) is 0 Å². The minimum atomic E-state index is 0.0252. The van der Waals surface area contributed by atoms with Crippen molar-refractivity contribution in [1.29, 1.82) is 0 Å². The van der Waals surface area contributed by atoms with E-state index in [1.165, 1.54) is 11.1 Å². The molecule has 0 aliphatic carbocycles. The van der Waals surface area contributed by atoms with Gasteiger partial charge in [-0.15, -0.1) is 0 Å². The van der Waals surface area contributed by atoms with Gasteiger partial charge >= 0.3 is 0 Å². The van der Waals surface area contributed by atoms with Crippen molar-refractivity contribution >= 4 is 16.8 Å². The maximum Gasteiger partial charge on any atom is 0.193 e. The van der Waals surface area contributed by atoms with Crippen LogP contribution >= 0.6 is 0 Å². The SMILES string of the molecule is Cc1ccc(Cc2nc3ccc(C(=O)c4ccccc4)cc3[nH]2)cc1. The van der Waals surface area contributed by atoms with Gasteiger partial charge < -0.3 is 4.98 Å². The summed E-state index contributed by atoms with van der Waals surface area (Å²) in [5.74, 6) is 0.931. The van der Waals surface area contributed by atoms with Crippen LogP contribution in [-0.4, -0.2) is 15.8 Å². The molecule has 4 rings (SSSR count). The monoisotopic (exact) mass is 326 g/mol. The molecule has 1 N–H and O–H groups in total. The number of aromatic amines is 1. The van der Waals surface area contributed by atoms with Crippen LogP contribution < -0.4 is 0 Å². The Labute approximate surface area is 146 Å². The Morgan fingerprint density at radius 1 is 0.920 bits per heavy atom. The zero-order valence-corrected chi connectivity index (χ0v) is 14.0. The number of aryl methyl sites for hydroxylation is 1. The molecule has 4 aromatic rings. The molecule has 3 heteroatoms. The van der Waals surface area contributed by atoms with Gasteiger partial charge in [-0.05, 0) is 30.7 Å². The highest BCUT2D eigenvalue weighted by atomic mass is 16.1. The topological polar surface area (TPSA) is 45.8 Å². The molecular formula is C22H18N2O. The summed E-state index contributed by atoms with van der Waals surface area (Å²) in [7, 11) is 0. The quantitative estimate of drug-likeness (QED) is 0.553. The van der Waals surface area contributed by atoms with E-state index < -0.39 is 0 Å². The molecule has 0 saturated heterocycles. The molecule has 0 bridgehead atoms. The number of hydrogen-bond acceptors (Lipinski definition) is 2. The normalized spacial score (nSPS) is 10.9. The van der Waals surface area contributed by atoms with E-state index in [4.69, 9.17) is 0 Å². The fraction of sp³-hybridized carbons (Fsp3) is 0.0909. The molecule has 1 heterocycles. The van der Waals surface area contributed by atoms with E-state index in [-0.39, 0.29) is 5.78 Å². The van der Waals surface area contributed by atoms with E-state index in [2.05, 4.69) is 41.2 Å². The molecule has 122 valence electrons. The first kappa shape index (κ1) is 15.3. The first-order chi connectivity index (χ1) is 12.2. The fourth-order valence-electron chi connectivity index (χ4n) is 2.94. The van der Waals surface area contributed by atoms with Crippen molar-refractivity contribution in [1.82, 2.24) is 9.97 Å². The van der Waals surface area contributed by atoms with Crippen molar-refractivity contribution in [2.45, 2.75) is 13.3 Å². The summed E-state index contributed by atoms with van der Waals surface area (Å²) >= 11 is 0. The molecule has 0 saturated carbocycles. The third-order valence-electron chi connectivity index (χ3n) is 4.32. The van der Waals surface area contributed by atoms with Crippen molar-refractivity contribution in [3.05, 3.63) is 101 Å². The number of carbonyl (C=O) groups is 1. The third-order valence-corrected chi connectivity index (χ3v) is 4.32. The van der Waals surface area contributed by atoms with Gasteiger partial charge in [-0.25, -0.2) is 4.98 Å². The molecule has 0 radical (unpaired) electrons. The maximum absolute atomic E-state index is 12.6. The molecule has 3 aromatic carbocycles. The highest BCUT2D eigenvalue weighted by Crippen LogP contribution is 2.18. The number of aromatic nitrogens is 2. The first-order valence-electron chi connectivity index (χ1n) is 8.33. The van der Waals surface area contributed by atoms with Gasteiger partial charge in [0, 0.05) is 17.5 Å². The van der Waals surface area contributed by atoms with Crippen LogP contribution in [0.5, 0.6) is 0 Å². The molecule has 0 unspecified atom stereocenters. The number of fused-ring (bicyclic) bond motifs is 1. The van der Waals surface area contributed by atoms with E-state index >= 15 is 0 Å². The number of ketones is 1. The van der Waals surface area contributed by atoms with Gasteiger partial charge in [0.1, 0.15) is 5.82 Å². The van der Waals surface area contributed by atoms with Crippen LogP contribution in [0.25, 0.3) is 11.0 Å². The van der Waals surface area contributed by atoms with Gasteiger partial charge in [0.25, 0.3) is 0 Å². The third kappa shape index (κ3) is 3.22. The van der Waals surface area contributed by atoms with Crippen LogP contribution in [-0.2, 0) is 6.42 Å². The minimum absolute atomic E-state index is 0.0252. The Morgan fingerprint density at radius 2 is 1.68 bits per heavy atom. The highest BCUT2D eigenvalue weighted by molar-refractivity contribution is 6.10. The highest BCUT2D eigenvalue weighted by Gasteiger charge is 2.11. The maximum atomic E-state index is 12.6. The van der Waals surface area contributed by atoms with Gasteiger partial charge in [-0.1, -0.05) is 60.2 Å². The molecule has 0 atom stereocenters. The standard InChI is InChI=1S/C22H18N2O/c1-15-7-9-16(10-8-15)13-21-23-19-12-11-18(14-20(19)24-21)22(25)17-5-3-2-4-6-17/h2-12,14H,13H2,1H3,(H,23,24). The summed E-state index contributed by atoms with van der Waals surface area (Å²) in [6.45, 7) is 2.08. The van der Waals surface area contributed by atoms with E-state index in [1.807, 2.05) is 48.5 Å². The Balaban J connectivity index is 1.63. The molecular weight excluding hydrogens is 308 g/mol. The van der Waals surface area contributed by atoms with E-state index in [0.29, 0.717) is 11.1 Å². The number of rotatable bonds is 4.